The Balaban J connectivity index is 1.83. The van der Waals surface area contributed by atoms with Crippen LogP contribution in [0.1, 0.15) is 5.82 Å². The molecule has 0 N–H and O–H groups in total. The lowest BCUT2D eigenvalue weighted by Gasteiger charge is -2.01. The maximum atomic E-state index is 5.68. The number of nitrogens with zero attached hydrogens (tertiary/aromatic N) is 2. The summed E-state index contributed by atoms with van der Waals surface area (Å²) in [6.07, 6.45) is 3.86. The average Bonchev–Trinajstić information content (AvgIpc) is 3.20. The monoisotopic (exact) mass is 322 g/mol. The molecule has 0 aliphatic rings. The minimum atomic E-state index is 0.522. The molecule has 2 aromatic heterocycles. The van der Waals surface area contributed by atoms with Gasteiger partial charge in [-0.15, -0.1) is 11.8 Å². The second-order valence-corrected chi connectivity index (χ2v) is 6.12. The van der Waals surface area contributed by atoms with Crippen LogP contribution in [0.25, 0.3) is 33.6 Å². The molecule has 23 heavy (non-hydrogen) atoms. The van der Waals surface area contributed by atoms with Crippen molar-refractivity contribution in [3.05, 3.63) is 54.6 Å². The first-order valence-corrected chi connectivity index (χ1v) is 8.43. The van der Waals surface area contributed by atoms with Crippen molar-refractivity contribution in [2.45, 2.75) is 11.8 Å². The third-order valence-corrected chi connectivity index (χ3v) is 4.49. The average molecular weight is 322 g/mol. The van der Waals surface area contributed by atoms with Crippen LogP contribution in [0.2, 0.25) is 0 Å². The van der Waals surface area contributed by atoms with Crippen molar-refractivity contribution in [2.24, 2.45) is 0 Å². The van der Waals surface area contributed by atoms with Crippen LogP contribution in [0.15, 0.2) is 62.6 Å². The number of hydrogen-bond donors (Lipinski definition) is 0. The van der Waals surface area contributed by atoms with Gasteiger partial charge < -0.3 is 8.94 Å². The van der Waals surface area contributed by atoms with E-state index in [1.165, 1.54) is 4.90 Å². The van der Waals surface area contributed by atoms with Crippen LogP contribution >= 0.6 is 11.8 Å². The highest BCUT2D eigenvalue weighted by Crippen LogP contribution is 2.34. The lowest BCUT2D eigenvalue weighted by atomic mass is 10.0. The Morgan fingerprint density at radius 3 is 2.48 bits per heavy atom. The molecule has 4 rings (SSSR count). The maximum Gasteiger partial charge on any atom is 0.257 e. The smallest absolute Gasteiger partial charge is 0.257 e. The molecule has 0 saturated carbocycles. The number of fused-ring (bicyclic) bond motifs is 1. The van der Waals surface area contributed by atoms with Crippen LogP contribution in [-0.2, 0) is 0 Å². The summed E-state index contributed by atoms with van der Waals surface area (Å²) in [4.78, 5) is 5.53. The van der Waals surface area contributed by atoms with Gasteiger partial charge in [-0.3, -0.25) is 0 Å². The summed E-state index contributed by atoms with van der Waals surface area (Å²) in [6, 6.07) is 14.3. The van der Waals surface area contributed by atoms with Crippen molar-refractivity contribution < 1.29 is 8.94 Å². The minimum Gasteiger partial charge on any atom is -0.464 e. The van der Waals surface area contributed by atoms with Gasteiger partial charge in [0, 0.05) is 21.4 Å². The summed E-state index contributed by atoms with van der Waals surface area (Å²) < 4.78 is 10.9. The molecule has 0 spiro atoms. The molecule has 4 aromatic rings. The molecule has 0 fully saturated rings. The van der Waals surface area contributed by atoms with E-state index in [1.54, 1.807) is 18.0 Å². The van der Waals surface area contributed by atoms with Gasteiger partial charge in [0.2, 0.25) is 0 Å². The molecule has 0 aliphatic carbocycles. The first-order chi connectivity index (χ1) is 11.2. The molecular formula is C18H14N2O2S. The highest BCUT2D eigenvalue weighted by Gasteiger charge is 2.12. The maximum absolute atomic E-state index is 5.68. The number of benzene rings is 2. The fourth-order valence-corrected chi connectivity index (χ4v) is 2.98. The van der Waals surface area contributed by atoms with Crippen LogP contribution in [-0.4, -0.2) is 16.4 Å². The lowest BCUT2D eigenvalue weighted by molar-refractivity contribution is 0.425. The molecule has 0 bridgehead atoms. The van der Waals surface area contributed by atoms with Crippen molar-refractivity contribution in [2.75, 3.05) is 6.26 Å². The zero-order valence-corrected chi connectivity index (χ0v) is 13.6. The Labute approximate surface area is 137 Å². The molecule has 2 aromatic carbocycles. The second-order valence-electron chi connectivity index (χ2n) is 5.24. The Bertz CT molecular complexity index is 970. The highest BCUT2D eigenvalue weighted by atomic mass is 32.2. The molecular weight excluding hydrogens is 308 g/mol. The van der Waals surface area contributed by atoms with Crippen molar-refractivity contribution in [1.82, 2.24) is 10.1 Å². The van der Waals surface area contributed by atoms with Gasteiger partial charge in [0.15, 0.2) is 5.82 Å². The first kappa shape index (κ1) is 14.1. The Morgan fingerprint density at radius 2 is 1.78 bits per heavy atom. The zero-order valence-electron chi connectivity index (χ0n) is 12.7. The molecule has 0 unspecified atom stereocenters. The molecule has 0 amide bonds. The van der Waals surface area contributed by atoms with Gasteiger partial charge in [-0.05, 0) is 49.1 Å². The Hall–Kier alpha value is -2.53. The number of rotatable bonds is 3. The number of hydrogen-bond acceptors (Lipinski definition) is 5. The fourth-order valence-electron chi connectivity index (χ4n) is 2.57. The van der Waals surface area contributed by atoms with Gasteiger partial charge in [-0.2, -0.15) is 4.98 Å². The first-order valence-electron chi connectivity index (χ1n) is 7.21. The van der Waals surface area contributed by atoms with E-state index in [2.05, 4.69) is 40.7 Å². The topological polar surface area (TPSA) is 52.1 Å². The highest BCUT2D eigenvalue weighted by molar-refractivity contribution is 7.98. The van der Waals surface area contributed by atoms with Crippen LogP contribution in [0.4, 0.5) is 0 Å². The summed E-state index contributed by atoms with van der Waals surface area (Å²) in [5.41, 5.74) is 3.92. The van der Waals surface area contributed by atoms with Crippen molar-refractivity contribution in [3.63, 3.8) is 0 Å². The molecule has 114 valence electrons. The number of thioether (sulfide) groups is 1. The van der Waals surface area contributed by atoms with E-state index < -0.39 is 0 Å². The Morgan fingerprint density at radius 1 is 1.00 bits per heavy atom. The van der Waals surface area contributed by atoms with E-state index >= 15 is 0 Å². The normalized spacial score (nSPS) is 11.2. The summed E-state index contributed by atoms with van der Waals surface area (Å²) >= 11 is 1.73. The summed E-state index contributed by atoms with van der Waals surface area (Å²) in [5.74, 6) is 1.15. The lowest BCUT2D eigenvalue weighted by Crippen LogP contribution is -1.80. The largest absolute Gasteiger partial charge is 0.464 e. The minimum absolute atomic E-state index is 0.522. The van der Waals surface area contributed by atoms with Crippen LogP contribution in [0.3, 0.4) is 0 Å². The molecule has 5 heteroatoms. The Kier molecular flexibility index (Phi) is 3.42. The van der Waals surface area contributed by atoms with Gasteiger partial charge >= 0.3 is 0 Å². The van der Waals surface area contributed by atoms with Crippen molar-refractivity contribution >= 4 is 22.7 Å². The number of aryl methyl sites for hydroxylation is 1. The molecule has 2 heterocycles. The van der Waals surface area contributed by atoms with E-state index in [0.29, 0.717) is 11.7 Å². The van der Waals surface area contributed by atoms with Crippen LogP contribution in [0, 0.1) is 6.92 Å². The molecule has 0 atom stereocenters. The fraction of sp³-hybridized carbons (Fsp3) is 0.111. The SMILES string of the molecule is CSc1ccc(-c2coc3ccc(-c4nc(C)no4)cc23)cc1. The summed E-state index contributed by atoms with van der Waals surface area (Å²) in [6.45, 7) is 1.81. The predicted molar refractivity (Wildman–Crippen MR) is 91.5 cm³/mol. The van der Waals surface area contributed by atoms with E-state index in [1.807, 2.05) is 25.1 Å². The van der Waals surface area contributed by atoms with Gasteiger partial charge in [0.25, 0.3) is 5.89 Å². The molecule has 0 aliphatic heterocycles. The van der Waals surface area contributed by atoms with E-state index in [0.717, 1.165) is 27.7 Å². The van der Waals surface area contributed by atoms with Crippen LogP contribution in [0.5, 0.6) is 0 Å². The van der Waals surface area contributed by atoms with E-state index in [4.69, 9.17) is 8.94 Å². The van der Waals surface area contributed by atoms with Gasteiger partial charge in [-0.1, -0.05) is 17.3 Å². The number of furan rings is 1. The van der Waals surface area contributed by atoms with E-state index in [9.17, 15) is 0 Å². The summed E-state index contributed by atoms with van der Waals surface area (Å²) in [7, 11) is 0. The number of aromatic nitrogens is 2. The van der Waals surface area contributed by atoms with Gasteiger partial charge in [-0.25, -0.2) is 0 Å². The zero-order chi connectivity index (χ0) is 15.8. The summed E-state index contributed by atoms with van der Waals surface area (Å²) in [5, 5.41) is 4.89. The third-order valence-electron chi connectivity index (χ3n) is 3.75. The van der Waals surface area contributed by atoms with Crippen molar-refractivity contribution in [3.8, 4) is 22.6 Å². The predicted octanol–water partition coefficient (Wildman–Crippen LogP) is 5.18. The standard InChI is InChI=1S/C18H14N2O2S/c1-11-19-18(22-20-11)13-5-8-17-15(9-13)16(10-21-17)12-3-6-14(23-2)7-4-12/h3-10H,1-2H3. The van der Waals surface area contributed by atoms with Gasteiger partial charge in [0.05, 0.1) is 6.26 Å². The van der Waals surface area contributed by atoms with Gasteiger partial charge in [0.1, 0.15) is 5.58 Å². The van der Waals surface area contributed by atoms with Crippen molar-refractivity contribution in [1.29, 1.82) is 0 Å². The van der Waals surface area contributed by atoms with Crippen LogP contribution < -0.4 is 0 Å². The molecule has 4 nitrogen and oxygen atoms in total. The van der Waals surface area contributed by atoms with E-state index in [-0.39, 0.29) is 0 Å². The quantitative estimate of drug-likeness (QED) is 0.486. The molecule has 0 saturated heterocycles. The molecule has 0 radical (unpaired) electrons. The second kappa shape index (κ2) is 5.59. The third kappa shape index (κ3) is 2.53.